The topological polar surface area (TPSA) is 128 Å². The van der Waals surface area contributed by atoms with Crippen LogP contribution in [0.5, 0.6) is 5.75 Å². The Bertz CT molecular complexity index is 2130. The van der Waals surface area contributed by atoms with Crippen LogP contribution < -0.4 is 9.64 Å². The number of methoxy groups -OCH3 is 3. The number of likely N-dealkylation sites (N-methyl/N-ethyl adjacent to an activating group) is 1. The number of aromatic amines is 1. The maximum atomic E-state index is 15.1. The molecule has 0 radical (unpaired) electrons. The number of carbonyl (C=O) groups excluding carboxylic acids is 2. The fourth-order valence-electron chi connectivity index (χ4n) is 12.5. The zero-order valence-electron chi connectivity index (χ0n) is 32.1. The van der Waals surface area contributed by atoms with Crippen LogP contribution in [0.3, 0.4) is 0 Å². The Labute approximate surface area is 316 Å². The number of aromatic nitrogens is 1. The molecule has 1 saturated carbocycles. The van der Waals surface area contributed by atoms with Crippen molar-refractivity contribution in [3.8, 4) is 5.75 Å². The van der Waals surface area contributed by atoms with Gasteiger partial charge in [-0.25, -0.2) is 4.79 Å². The van der Waals surface area contributed by atoms with Crippen molar-refractivity contribution >= 4 is 28.5 Å². The van der Waals surface area contributed by atoms with Crippen molar-refractivity contribution in [1.82, 2.24) is 14.8 Å². The van der Waals surface area contributed by atoms with Gasteiger partial charge >= 0.3 is 11.9 Å². The Morgan fingerprint density at radius 3 is 2.52 bits per heavy atom. The third-order valence-corrected chi connectivity index (χ3v) is 14.5. The van der Waals surface area contributed by atoms with Gasteiger partial charge in [-0.3, -0.25) is 14.6 Å². The number of para-hydroxylation sites is 1. The fraction of sp³-hybridized carbons (Fsp3) is 0.535. The number of nitrogens with one attached hydrogen (secondary N) is 1. The number of aliphatic hydroxyl groups is 2. The maximum absolute atomic E-state index is 15.1. The van der Waals surface area contributed by atoms with Crippen LogP contribution >= 0.6 is 0 Å². The Morgan fingerprint density at radius 2 is 1.80 bits per heavy atom. The third kappa shape index (κ3) is 4.21. The quantitative estimate of drug-likeness (QED) is 0.251. The summed E-state index contributed by atoms with van der Waals surface area (Å²) in [7, 11) is 6.24. The second-order valence-electron chi connectivity index (χ2n) is 16.6. The predicted octanol–water partition coefficient (Wildman–Crippen LogP) is 4.18. The van der Waals surface area contributed by atoms with Crippen LogP contribution in [0.25, 0.3) is 10.9 Å². The summed E-state index contributed by atoms with van der Waals surface area (Å²) in [6.45, 7) is 7.97. The lowest BCUT2D eigenvalue weighted by molar-refractivity contribution is -0.218. The molecule has 1 aliphatic carbocycles. The van der Waals surface area contributed by atoms with Gasteiger partial charge in [0.05, 0.1) is 27.4 Å². The minimum Gasteiger partial charge on any atom is -0.496 e. The summed E-state index contributed by atoms with van der Waals surface area (Å²) >= 11 is 0. The predicted molar refractivity (Wildman–Crippen MR) is 205 cm³/mol. The van der Waals surface area contributed by atoms with Crippen LogP contribution in [0.2, 0.25) is 0 Å². The number of rotatable bonds is 6. The molecule has 2 fully saturated rings. The molecular formula is C43H52N4O7. The van der Waals surface area contributed by atoms with Crippen LogP contribution in [0.15, 0.2) is 60.2 Å². The lowest BCUT2D eigenvalue weighted by Gasteiger charge is -2.63. The zero-order valence-corrected chi connectivity index (χ0v) is 32.1. The lowest BCUT2D eigenvalue weighted by Crippen LogP contribution is -2.80. The van der Waals surface area contributed by atoms with Gasteiger partial charge in [0, 0.05) is 84.0 Å². The standard InChI is InChI=1S/C43H52N4O7/c1-7-25-18-26-21-42(38(49)53-5,34-28(24-46(22-25)23-26)27-12-9-10-13-31(27)44-34)30-19-29-32(20-33(30)52-4)45(3)36-41(29)15-17-47-16-11-14-40(8-2,35(41)47)37(48)43(36,51)39(50)54-6/h9-14,18-20,26,35-37,44,48,51H,7-8,15-17,21-24H2,1-6H3/t26-,35-,36+,37+,40+,41?,42-,43-/m0/s1. The molecule has 0 amide bonds. The molecule has 286 valence electrons. The van der Waals surface area contributed by atoms with Gasteiger partial charge < -0.3 is 34.3 Å². The first-order valence-corrected chi connectivity index (χ1v) is 19.5. The number of fused-ring (bicyclic) bond motifs is 6. The number of benzene rings is 2. The second-order valence-corrected chi connectivity index (χ2v) is 16.6. The van der Waals surface area contributed by atoms with E-state index in [4.69, 9.17) is 14.2 Å². The normalized spacial score (nSPS) is 36.3. The van der Waals surface area contributed by atoms with E-state index in [1.54, 1.807) is 7.11 Å². The molecule has 5 aliphatic heterocycles. The molecule has 9 atom stereocenters. The van der Waals surface area contributed by atoms with E-state index in [2.05, 4.69) is 52.1 Å². The van der Waals surface area contributed by atoms with E-state index >= 15 is 4.79 Å². The minimum atomic E-state index is -2.27. The van der Waals surface area contributed by atoms with Gasteiger partial charge in [-0.15, -0.1) is 0 Å². The van der Waals surface area contributed by atoms with Gasteiger partial charge in [0.15, 0.2) is 0 Å². The van der Waals surface area contributed by atoms with E-state index in [-0.39, 0.29) is 17.9 Å². The SMILES string of the molecule is CCC1=C[C@@H]2CN(C1)Cc1c([nH]c3ccccc13)[C@@](C(=O)OC)(c1cc3c(cc1OC)N(C)[C@@H]1C34CCN3CC=C[C@](CC)([C@H]34)[C@@H](O)[C@]1(O)C(=O)OC)C2. The number of aliphatic hydroxyl groups excluding tert-OH is 1. The van der Waals surface area contributed by atoms with Crippen molar-refractivity contribution in [2.45, 2.75) is 80.7 Å². The van der Waals surface area contributed by atoms with Crippen molar-refractivity contribution < 1.29 is 34.0 Å². The average Bonchev–Trinajstić information content (AvgIpc) is 3.84. The molecule has 1 spiro atoms. The first-order valence-electron chi connectivity index (χ1n) is 19.5. The van der Waals surface area contributed by atoms with Crippen LogP contribution in [0.4, 0.5) is 5.69 Å². The molecule has 11 nitrogen and oxygen atoms in total. The highest BCUT2D eigenvalue weighted by molar-refractivity contribution is 5.95. The molecule has 3 N–H and O–H groups in total. The number of anilines is 1. The monoisotopic (exact) mass is 736 g/mol. The number of H-pyrrole nitrogens is 1. The van der Waals surface area contributed by atoms with Gasteiger partial charge in [-0.2, -0.15) is 0 Å². The number of hydrogen-bond acceptors (Lipinski definition) is 10. The second kappa shape index (κ2) is 12.2. The average molecular weight is 737 g/mol. The first kappa shape index (κ1) is 35.5. The molecule has 2 aromatic carbocycles. The van der Waals surface area contributed by atoms with Crippen LogP contribution in [0, 0.1) is 11.3 Å². The van der Waals surface area contributed by atoms with Gasteiger partial charge in [-0.05, 0) is 61.4 Å². The zero-order chi connectivity index (χ0) is 37.9. The van der Waals surface area contributed by atoms with E-state index < -0.39 is 40.0 Å². The van der Waals surface area contributed by atoms with E-state index in [9.17, 15) is 15.0 Å². The molecule has 6 aliphatic rings. The van der Waals surface area contributed by atoms with Crippen molar-refractivity contribution in [1.29, 1.82) is 0 Å². The van der Waals surface area contributed by atoms with Crippen LogP contribution in [0.1, 0.15) is 61.9 Å². The molecule has 3 aromatic rings. The van der Waals surface area contributed by atoms with E-state index in [1.807, 2.05) is 43.1 Å². The van der Waals surface area contributed by atoms with Crippen LogP contribution in [-0.2, 0) is 36.4 Å². The largest absolute Gasteiger partial charge is 0.496 e. The molecule has 2 unspecified atom stereocenters. The summed E-state index contributed by atoms with van der Waals surface area (Å²) in [5.41, 5.74) is 1.24. The highest BCUT2D eigenvalue weighted by atomic mass is 16.5. The molecule has 1 saturated heterocycles. The summed E-state index contributed by atoms with van der Waals surface area (Å²) in [6, 6.07) is 11.3. The number of ether oxygens (including phenoxy) is 3. The molecule has 9 rings (SSSR count). The van der Waals surface area contributed by atoms with Crippen LogP contribution in [-0.4, -0.2) is 115 Å². The number of carbonyl (C=O) groups is 2. The minimum absolute atomic E-state index is 0.0475. The molecular weight excluding hydrogens is 684 g/mol. The number of esters is 2. The Balaban J connectivity index is 1.37. The highest BCUT2D eigenvalue weighted by Crippen LogP contribution is 2.67. The fourth-order valence-corrected chi connectivity index (χ4v) is 12.5. The van der Waals surface area contributed by atoms with E-state index in [0.29, 0.717) is 50.2 Å². The third-order valence-electron chi connectivity index (χ3n) is 14.5. The molecule has 54 heavy (non-hydrogen) atoms. The Kier molecular flexibility index (Phi) is 8.01. The smallest absolute Gasteiger partial charge is 0.342 e. The van der Waals surface area contributed by atoms with Gasteiger partial charge in [0.1, 0.15) is 17.3 Å². The van der Waals surface area contributed by atoms with Crippen molar-refractivity contribution in [2.75, 3.05) is 59.5 Å². The summed E-state index contributed by atoms with van der Waals surface area (Å²) in [6.07, 6.45) is 7.52. The lowest BCUT2D eigenvalue weighted by atomic mass is 9.47. The molecule has 6 heterocycles. The van der Waals surface area contributed by atoms with Crippen molar-refractivity contribution in [3.05, 3.63) is 82.6 Å². The molecule has 1 aromatic heterocycles. The summed E-state index contributed by atoms with van der Waals surface area (Å²) in [5, 5.41) is 26.3. The summed E-state index contributed by atoms with van der Waals surface area (Å²) in [5.74, 6) is -0.669. The van der Waals surface area contributed by atoms with E-state index in [1.165, 1.54) is 19.8 Å². The van der Waals surface area contributed by atoms with Gasteiger partial charge in [-0.1, -0.05) is 55.8 Å². The van der Waals surface area contributed by atoms with Gasteiger partial charge in [0.2, 0.25) is 5.60 Å². The summed E-state index contributed by atoms with van der Waals surface area (Å²) < 4.78 is 17.6. The summed E-state index contributed by atoms with van der Waals surface area (Å²) in [4.78, 5) is 39.7. The molecule has 2 bridgehead atoms. The van der Waals surface area contributed by atoms with Gasteiger partial charge in [0.25, 0.3) is 0 Å². The van der Waals surface area contributed by atoms with Crippen molar-refractivity contribution in [2.24, 2.45) is 11.3 Å². The van der Waals surface area contributed by atoms with E-state index in [0.717, 1.165) is 52.9 Å². The number of hydrogen-bond donors (Lipinski definition) is 3. The molecule has 11 heteroatoms. The Hall–Kier alpha value is -4.16. The maximum Gasteiger partial charge on any atom is 0.342 e. The van der Waals surface area contributed by atoms with Crippen molar-refractivity contribution in [3.63, 3.8) is 0 Å². The highest BCUT2D eigenvalue weighted by Gasteiger charge is 2.79. The Morgan fingerprint density at radius 1 is 1.02 bits per heavy atom. The number of nitrogens with zero attached hydrogens (tertiary/aromatic N) is 3. The first-order chi connectivity index (χ1) is 26.0.